The fourth-order valence-electron chi connectivity index (χ4n) is 2.47. The van der Waals surface area contributed by atoms with Gasteiger partial charge in [-0.3, -0.25) is 0 Å². The van der Waals surface area contributed by atoms with Crippen LogP contribution in [0.25, 0.3) is 22.4 Å². The van der Waals surface area contributed by atoms with Crippen LogP contribution >= 0.6 is 0 Å². The maximum Gasteiger partial charge on any atom is 0.286 e. The minimum absolute atomic E-state index is 1.18. The largest absolute Gasteiger partial charge is 0.286 e. The van der Waals surface area contributed by atoms with Crippen LogP contribution in [0.1, 0.15) is 5.56 Å². The molecule has 0 saturated heterocycles. The Hall–Kier alpha value is -2.48. The number of hydrogen-bond donors (Lipinski definition) is 0. The number of aryl methyl sites for hydroxylation is 2. The standard InChI is InChI=1S/C18H17N2/c1-14-12-16(15-6-4-3-5-7-15)8-9-17(14)18-10-11-19-13-20(18)2/h3-13H,1-2H3/q+1. The molecule has 98 valence electrons. The van der Waals surface area contributed by atoms with Crippen molar-refractivity contribution < 1.29 is 4.57 Å². The van der Waals surface area contributed by atoms with Crippen LogP contribution in [-0.2, 0) is 7.05 Å². The van der Waals surface area contributed by atoms with E-state index >= 15 is 0 Å². The van der Waals surface area contributed by atoms with Crippen molar-refractivity contribution in [3.63, 3.8) is 0 Å². The summed E-state index contributed by atoms with van der Waals surface area (Å²) in [5.74, 6) is 0. The molecule has 0 amide bonds. The van der Waals surface area contributed by atoms with Gasteiger partial charge in [-0.1, -0.05) is 47.4 Å². The third kappa shape index (κ3) is 2.32. The predicted molar refractivity (Wildman–Crippen MR) is 81.0 cm³/mol. The average molecular weight is 261 g/mol. The third-order valence-corrected chi connectivity index (χ3v) is 3.55. The molecule has 0 saturated carbocycles. The molecular formula is C18H17N2+. The van der Waals surface area contributed by atoms with Gasteiger partial charge in [-0.05, 0) is 29.7 Å². The zero-order valence-corrected chi connectivity index (χ0v) is 11.7. The number of benzene rings is 2. The fraction of sp³-hybridized carbons (Fsp3) is 0.111. The van der Waals surface area contributed by atoms with Gasteiger partial charge in [0.25, 0.3) is 6.33 Å². The number of rotatable bonds is 2. The molecule has 0 aliphatic heterocycles. The quantitative estimate of drug-likeness (QED) is 0.645. The molecule has 0 unspecified atom stereocenters. The zero-order valence-electron chi connectivity index (χ0n) is 11.7. The van der Waals surface area contributed by atoms with E-state index in [0.29, 0.717) is 0 Å². The van der Waals surface area contributed by atoms with Gasteiger partial charge in [0.2, 0.25) is 0 Å². The summed E-state index contributed by atoms with van der Waals surface area (Å²) in [6.45, 7) is 2.15. The van der Waals surface area contributed by atoms with Gasteiger partial charge < -0.3 is 0 Å². The lowest BCUT2D eigenvalue weighted by molar-refractivity contribution is -0.663. The number of aromatic nitrogens is 2. The second-order valence-electron chi connectivity index (χ2n) is 4.97. The molecule has 2 nitrogen and oxygen atoms in total. The SMILES string of the molecule is Cc1cc(-c2ccccc2)ccc1-c1ccnc[n+]1C. The number of nitrogens with zero attached hydrogens (tertiary/aromatic N) is 2. The van der Waals surface area contributed by atoms with Crippen molar-refractivity contribution >= 4 is 0 Å². The molecule has 0 aliphatic rings. The average Bonchev–Trinajstić information content (AvgIpc) is 2.49. The van der Waals surface area contributed by atoms with Crippen LogP contribution < -0.4 is 4.57 Å². The molecule has 0 atom stereocenters. The van der Waals surface area contributed by atoms with Gasteiger partial charge in [-0.15, -0.1) is 0 Å². The van der Waals surface area contributed by atoms with E-state index in [0.717, 1.165) is 0 Å². The van der Waals surface area contributed by atoms with Gasteiger partial charge in [0, 0.05) is 11.6 Å². The summed E-state index contributed by atoms with van der Waals surface area (Å²) in [6.07, 6.45) is 3.67. The summed E-state index contributed by atoms with van der Waals surface area (Å²) in [5, 5.41) is 0. The topological polar surface area (TPSA) is 16.8 Å². The molecular weight excluding hydrogens is 244 g/mol. The molecule has 1 heterocycles. The van der Waals surface area contributed by atoms with Crippen LogP contribution in [0.5, 0.6) is 0 Å². The third-order valence-electron chi connectivity index (χ3n) is 3.55. The highest BCUT2D eigenvalue weighted by molar-refractivity contribution is 5.70. The first-order valence-electron chi connectivity index (χ1n) is 6.72. The van der Waals surface area contributed by atoms with Crippen molar-refractivity contribution in [2.24, 2.45) is 7.05 Å². The maximum absolute atomic E-state index is 4.13. The Bertz CT molecular complexity index is 733. The van der Waals surface area contributed by atoms with Gasteiger partial charge in [0.15, 0.2) is 0 Å². The Balaban J connectivity index is 2.07. The first kappa shape index (κ1) is 12.5. The van der Waals surface area contributed by atoms with Crippen LogP contribution in [0.2, 0.25) is 0 Å². The second-order valence-corrected chi connectivity index (χ2v) is 4.97. The molecule has 3 aromatic rings. The molecule has 1 aromatic heterocycles. The summed E-state index contributed by atoms with van der Waals surface area (Å²) >= 11 is 0. The van der Waals surface area contributed by atoms with Crippen LogP contribution in [0.4, 0.5) is 0 Å². The Morgan fingerprint density at radius 1 is 0.900 bits per heavy atom. The zero-order chi connectivity index (χ0) is 13.9. The lowest BCUT2D eigenvalue weighted by atomic mass is 9.98. The summed E-state index contributed by atoms with van der Waals surface area (Å²) < 4.78 is 2.05. The van der Waals surface area contributed by atoms with E-state index in [1.54, 1.807) is 0 Å². The van der Waals surface area contributed by atoms with Gasteiger partial charge in [-0.25, -0.2) is 4.57 Å². The molecule has 20 heavy (non-hydrogen) atoms. The van der Waals surface area contributed by atoms with E-state index in [4.69, 9.17) is 0 Å². The lowest BCUT2D eigenvalue weighted by Crippen LogP contribution is -2.31. The molecule has 0 N–H and O–H groups in total. The van der Waals surface area contributed by atoms with Gasteiger partial charge in [0.1, 0.15) is 11.9 Å². The Morgan fingerprint density at radius 3 is 2.40 bits per heavy atom. The fourth-order valence-corrected chi connectivity index (χ4v) is 2.47. The van der Waals surface area contributed by atoms with E-state index in [1.165, 1.54) is 27.9 Å². The van der Waals surface area contributed by atoms with E-state index in [2.05, 4.69) is 54.4 Å². The van der Waals surface area contributed by atoms with Gasteiger partial charge >= 0.3 is 0 Å². The lowest BCUT2D eigenvalue weighted by Gasteiger charge is -2.08. The highest BCUT2D eigenvalue weighted by atomic mass is 15.0. The van der Waals surface area contributed by atoms with Crippen molar-refractivity contribution in [2.75, 3.05) is 0 Å². The van der Waals surface area contributed by atoms with Crippen LogP contribution in [0, 0.1) is 6.92 Å². The predicted octanol–water partition coefficient (Wildman–Crippen LogP) is 3.55. The minimum atomic E-state index is 1.18. The smallest absolute Gasteiger partial charge is 0.233 e. The molecule has 0 spiro atoms. The van der Waals surface area contributed by atoms with Gasteiger partial charge in [-0.2, -0.15) is 0 Å². The monoisotopic (exact) mass is 261 g/mol. The van der Waals surface area contributed by atoms with E-state index in [1.807, 2.05) is 36.3 Å². The van der Waals surface area contributed by atoms with Crippen molar-refractivity contribution in [1.29, 1.82) is 0 Å². The number of hydrogen-bond acceptors (Lipinski definition) is 1. The summed E-state index contributed by atoms with van der Waals surface area (Å²) in [6, 6.07) is 19.1. The van der Waals surface area contributed by atoms with E-state index in [9.17, 15) is 0 Å². The highest BCUT2D eigenvalue weighted by Crippen LogP contribution is 2.26. The summed E-state index contributed by atoms with van der Waals surface area (Å²) in [4.78, 5) is 4.13. The second kappa shape index (κ2) is 5.25. The van der Waals surface area contributed by atoms with E-state index < -0.39 is 0 Å². The first-order chi connectivity index (χ1) is 9.75. The Labute approximate surface area is 119 Å². The molecule has 0 fully saturated rings. The highest BCUT2D eigenvalue weighted by Gasteiger charge is 2.10. The van der Waals surface area contributed by atoms with E-state index in [-0.39, 0.29) is 0 Å². The summed E-state index contributed by atoms with van der Waals surface area (Å²) in [7, 11) is 2.02. The normalized spacial score (nSPS) is 10.5. The van der Waals surface area contributed by atoms with Crippen molar-refractivity contribution in [3.05, 3.63) is 72.7 Å². The molecule has 3 rings (SSSR count). The van der Waals surface area contributed by atoms with Gasteiger partial charge in [0.05, 0.1) is 7.05 Å². The van der Waals surface area contributed by atoms with Crippen LogP contribution in [0.15, 0.2) is 67.1 Å². The summed E-state index contributed by atoms with van der Waals surface area (Å²) in [5.41, 5.74) is 6.20. The molecule has 2 aromatic carbocycles. The Kier molecular flexibility index (Phi) is 3.30. The van der Waals surface area contributed by atoms with Crippen molar-refractivity contribution in [1.82, 2.24) is 4.98 Å². The molecule has 0 bridgehead atoms. The first-order valence-corrected chi connectivity index (χ1v) is 6.72. The maximum atomic E-state index is 4.13. The molecule has 0 aliphatic carbocycles. The Morgan fingerprint density at radius 2 is 1.70 bits per heavy atom. The van der Waals surface area contributed by atoms with Crippen molar-refractivity contribution in [2.45, 2.75) is 6.92 Å². The minimum Gasteiger partial charge on any atom is -0.233 e. The van der Waals surface area contributed by atoms with Crippen LogP contribution in [0.3, 0.4) is 0 Å². The van der Waals surface area contributed by atoms with Crippen LogP contribution in [-0.4, -0.2) is 4.98 Å². The molecule has 2 heteroatoms. The van der Waals surface area contributed by atoms with Crippen molar-refractivity contribution in [3.8, 4) is 22.4 Å². The molecule has 0 radical (unpaired) electrons.